The van der Waals surface area contributed by atoms with E-state index in [0.717, 1.165) is 55.5 Å². The molecule has 0 saturated carbocycles. The van der Waals surface area contributed by atoms with Crippen LogP contribution in [0.5, 0.6) is 11.5 Å². The molecule has 3 rings (SSSR count). The first-order valence-electron chi connectivity index (χ1n) is 10.7. The molecule has 2 heterocycles. The highest BCUT2D eigenvalue weighted by atomic mass is 16.7. The number of carbonyl (C=O) groups is 1. The van der Waals surface area contributed by atoms with Gasteiger partial charge in [0, 0.05) is 26.2 Å². The molecular weight excluding hydrogens is 384 g/mol. The fourth-order valence-electron chi connectivity index (χ4n) is 3.52. The van der Waals surface area contributed by atoms with Crippen LogP contribution in [0.4, 0.5) is 4.79 Å². The van der Waals surface area contributed by atoms with Crippen molar-refractivity contribution in [2.45, 2.75) is 52.7 Å². The molecule has 1 aromatic rings. The number of rotatable bonds is 5. The van der Waals surface area contributed by atoms with Gasteiger partial charge in [-0.15, -0.1) is 0 Å². The molecule has 1 aromatic carbocycles. The quantitative estimate of drug-likeness (QED) is 0.565. The molecule has 2 N–H and O–H groups in total. The van der Waals surface area contributed by atoms with Gasteiger partial charge >= 0.3 is 6.09 Å². The van der Waals surface area contributed by atoms with Gasteiger partial charge in [-0.2, -0.15) is 0 Å². The number of hydrogen-bond donors (Lipinski definition) is 2. The van der Waals surface area contributed by atoms with Crippen molar-refractivity contribution in [3.05, 3.63) is 23.8 Å². The molecular formula is C22H34N4O4. The topological polar surface area (TPSA) is 84.4 Å². The second kappa shape index (κ2) is 9.91. The summed E-state index contributed by atoms with van der Waals surface area (Å²) < 4.78 is 16.3. The van der Waals surface area contributed by atoms with Crippen molar-refractivity contribution in [1.82, 2.24) is 15.5 Å². The lowest BCUT2D eigenvalue weighted by atomic mass is 9.98. The van der Waals surface area contributed by atoms with E-state index >= 15 is 0 Å². The van der Waals surface area contributed by atoms with Crippen molar-refractivity contribution in [3.63, 3.8) is 0 Å². The molecule has 2 aliphatic rings. The van der Waals surface area contributed by atoms with Crippen LogP contribution in [0.25, 0.3) is 0 Å². The van der Waals surface area contributed by atoms with E-state index in [1.165, 1.54) is 0 Å². The lowest BCUT2D eigenvalue weighted by Crippen LogP contribution is -2.47. The summed E-state index contributed by atoms with van der Waals surface area (Å²) in [5.41, 5.74) is 0.590. The van der Waals surface area contributed by atoms with Gasteiger partial charge in [-0.1, -0.05) is 6.07 Å². The van der Waals surface area contributed by atoms with Crippen LogP contribution < -0.4 is 20.1 Å². The fourth-order valence-corrected chi connectivity index (χ4v) is 3.52. The van der Waals surface area contributed by atoms with Gasteiger partial charge in [0.25, 0.3) is 0 Å². The van der Waals surface area contributed by atoms with Crippen LogP contribution in [0.1, 0.15) is 46.1 Å². The third kappa shape index (κ3) is 6.43. The second-order valence-corrected chi connectivity index (χ2v) is 8.70. The zero-order chi connectivity index (χ0) is 21.6. The van der Waals surface area contributed by atoms with Crippen molar-refractivity contribution in [1.29, 1.82) is 0 Å². The van der Waals surface area contributed by atoms with Gasteiger partial charge in [0.1, 0.15) is 5.60 Å². The molecule has 0 bridgehead atoms. The normalized spacial score (nSPS) is 18.9. The predicted molar refractivity (Wildman–Crippen MR) is 116 cm³/mol. The molecule has 1 atom stereocenters. The highest BCUT2D eigenvalue weighted by Crippen LogP contribution is 2.32. The maximum absolute atomic E-state index is 12.4. The van der Waals surface area contributed by atoms with E-state index in [0.29, 0.717) is 19.0 Å². The van der Waals surface area contributed by atoms with Crippen LogP contribution in [-0.4, -0.2) is 55.5 Å². The Morgan fingerprint density at radius 1 is 1.27 bits per heavy atom. The van der Waals surface area contributed by atoms with E-state index in [-0.39, 0.29) is 12.9 Å². The molecule has 0 spiro atoms. The summed E-state index contributed by atoms with van der Waals surface area (Å²) in [4.78, 5) is 18.9. The number of piperidine rings is 1. The lowest BCUT2D eigenvalue weighted by Gasteiger charge is -2.34. The number of amides is 1. The number of ether oxygens (including phenoxy) is 3. The van der Waals surface area contributed by atoms with Gasteiger partial charge in [0.2, 0.25) is 6.79 Å². The molecule has 0 aliphatic carbocycles. The Bertz CT molecular complexity index is 760. The van der Waals surface area contributed by atoms with Crippen molar-refractivity contribution in [2.75, 3.05) is 33.0 Å². The number of likely N-dealkylation sites (tertiary alicyclic amines) is 1. The standard InChI is InChI=1S/C22H34N4O4/c1-5-23-20(24-12-16-8-9-18-19(11-16)29-15-28-18)25-13-17-7-6-10-26(14-17)21(27)30-22(2,3)4/h8-9,11,17H,5-7,10,12-15H2,1-4H3,(H2,23,24,25). The van der Waals surface area contributed by atoms with Crippen molar-refractivity contribution >= 4 is 12.1 Å². The van der Waals surface area contributed by atoms with Gasteiger partial charge in [-0.3, -0.25) is 0 Å². The van der Waals surface area contributed by atoms with Crippen molar-refractivity contribution in [2.24, 2.45) is 10.9 Å². The Morgan fingerprint density at radius 2 is 2.07 bits per heavy atom. The van der Waals surface area contributed by atoms with Crippen LogP contribution in [0.3, 0.4) is 0 Å². The van der Waals surface area contributed by atoms with E-state index in [1.807, 2.05) is 50.8 Å². The van der Waals surface area contributed by atoms with Gasteiger partial charge < -0.3 is 29.7 Å². The summed E-state index contributed by atoms with van der Waals surface area (Å²) in [7, 11) is 0. The molecule has 1 unspecified atom stereocenters. The Morgan fingerprint density at radius 3 is 2.83 bits per heavy atom. The summed E-state index contributed by atoms with van der Waals surface area (Å²) in [5.74, 6) is 2.68. The summed E-state index contributed by atoms with van der Waals surface area (Å²) in [5, 5.41) is 6.71. The molecule has 30 heavy (non-hydrogen) atoms. The molecule has 166 valence electrons. The fraction of sp³-hybridized carbons (Fsp3) is 0.636. The number of benzene rings is 1. The Hall–Kier alpha value is -2.64. The number of aliphatic imine (C=N–C) groups is 1. The lowest BCUT2D eigenvalue weighted by molar-refractivity contribution is 0.0168. The zero-order valence-electron chi connectivity index (χ0n) is 18.5. The first kappa shape index (κ1) is 22.1. The number of nitrogens with one attached hydrogen (secondary N) is 2. The van der Waals surface area contributed by atoms with Gasteiger partial charge in [0.05, 0.1) is 6.54 Å². The van der Waals surface area contributed by atoms with Gasteiger partial charge in [-0.25, -0.2) is 9.79 Å². The minimum absolute atomic E-state index is 0.226. The third-order valence-corrected chi connectivity index (χ3v) is 4.93. The smallest absolute Gasteiger partial charge is 0.410 e. The Kier molecular flexibility index (Phi) is 7.29. The maximum Gasteiger partial charge on any atom is 0.410 e. The number of fused-ring (bicyclic) bond motifs is 1. The predicted octanol–water partition coefficient (Wildman–Crippen LogP) is 3.12. The first-order chi connectivity index (χ1) is 14.3. The molecule has 0 aromatic heterocycles. The van der Waals surface area contributed by atoms with Gasteiger partial charge in [-0.05, 0) is 64.2 Å². The maximum atomic E-state index is 12.4. The molecule has 8 heteroatoms. The van der Waals surface area contributed by atoms with Gasteiger partial charge in [0.15, 0.2) is 17.5 Å². The molecule has 2 aliphatic heterocycles. The summed E-state index contributed by atoms with van der Waals surface area (Å²) in [6.45, 7) is 11.5. The zero-order valence-corrected chi connectivity index (χ0v) is 18.5. The van der Waals surface area contributed by atoms with E-state index < -0.39 is 5.60 Å². The van der Waals surface area contributed by atoms with Crippen molar-refractivity contribution < 1.29 is 19.0 Å². The number of hydrogen-bond acceptors (Lipinski definition) is 5. The largest absolute Gasteiger partial charge is 0.454 e. The van der Waals surface area contributed by atoms with E-state index in [2.05, 4.69) is 15.6 Å². The summed E-state index contributed by atoms with van der Waals surface area (Å²) in [6.07, 6.45) is 1.83. The average Bonchev–Trinajstić information content (AvgIpc) is 3.17. The minimum atomic E-state index is -0.470. The highest BCUT2D eigenvalue weighted by Gasteiger charge is 2.27. The molecule has 8 nitrogen and oxygen atoms in total. The Labute approximate surface area is 179 Å². The monoisotopic (exact) mass is 418 g/mol. The minimum Gasteiger partial charge on any atom is -0.454 e. The van der Waals surface area contributed by atoms with E-state index in [9.17, 15) is 4.79 Å². The third-order valence-electron chi connectivity index (χ3n) is 4.93. The van der Waals surface area contributed by atoms with Crippen molar-refractivity contribution in [3.8, 4) is 11.5 Å². The van der Waals surface area contributed by atoms with E-state index in [1.54, 1.807) is 0 Å². The molecule has 1 saturated heterocycles. The molecule has 1 amide bonds. The number of guanidine groups is 1. The van der Waals surface area contributed by atoms with E-state index in [4.69, 9.17) is 14.2 Å². The van der Waals surface area contributed by atoms with Crippen LogP contribution in [0.15, 0.2) is 23.2 Å². The Balaban J connectivity index is 1.52. The van der Waals surface area contributed by atoms with Crippen LogP contribution in [-0.2, 0) is 11.3 Å². The van der Waals surface area contributed by atoms with Crippen LogP contribution in [0, 0.1) is 5.92 Å². The first-order valence-corrected chi connectivity index (χ1v) is 10.7. The summed E-state index contributed by atoms with van der Waals surface area (Å²) in [6, 6.07) is 5.89. The SMILES string of the molecule is CCNC(=NCc1ccc2c(c1)OCO2)NCC1CCCN(C(=O)OC(C)(C)C)C1. The number of carbonyl (C=O) groups excluding carboxylic acids is 1. The van der Waals surface area contributed by atoms with Crippen LogP contribution in [0.2, 0.25) is 0 Å². The second-order valence-electron chi connectivity index (χ2n) is 8.70. The number of nitrogens with zero attached hydrogens (tertiary/aromatic N) is 2. The van der Waals surface area contributed by atoms with Crippen LogP contribution >= 0.6 is 0 Å². The summed E-state index contributed by atoms with van der Waals surface area (Å²) >= 11 is 0. The molecule has 0 radical (unpaired) electrons. The highest BCUT2D eigenvalue weighted by molar-refractivity contribution is 5.79. The molecule has 1 fully saturated rings. The average molecular weight is 419 g/mol.